The first-order chi connectivity index (χ1) is 11.8. The molecule has 0 bridgehead atoms. The summed E-state index contributed by atoms with van der Waals surface area (Å²) in [5.74, 6) is 0.657. The Hall–Kier alpha value is -1.42. The van der Waals surface area contributed by atoms with Crippen molar-refractivity contribution in [3.8, 4) is 0 Å². The molecule has 0 saturated heterocycles. The highest BCUT2D eigenvalue weighted by atomic mass is 28.4. The minimum Gasteiger partial charge on any atom is -0.388 e. The SMILES string of the molecule is CCO[Si](OC(C)C1CCCC1)(c1ccccc1)c1ccccc1. The fraction of sp³-hybridized carbons (Fsp3) is 0.429. The normalized spacial score (nSPS) is 17.1. The molecule has 0 amide bonds. The van der Waals surface area contributed by atoms with Crippen molar-refractivity contribution in [3.05, 3.63) is 60.7 Å². The lowest BCUT2D eigenvalue weighted by Crippen LogP contribution is -2.65. The van der Waals surface area contributed by atoms with Gasteiger partial charge in [-0.25, -0.2) is 0 Å². The number of hydrogen-bond donors (Lipinski definition) is 0. The summed E-state index contributed by atoms with van der Waals surface area (Å²) in [5.41, 5.74) is 0. The van der Waals surface area contributed by atoms with Crippen LogP contribution in [0.15, 0.2) is 60.7 Å². The Morgan fingerprint density at radius 2 is 1.42 bits per heavy atom. The molecular weight excluding hydrogens is 312 g/mol. The second-order valence-electron chi connectivity index (χ2n) is 6.65. The number of rotatable bonds is 7. The number of benzene rings is 2. The molecule has 0 aromatic heterocycles. The lowest BCUT2D eigenvalue weighted by Gasteiger charge is -2.35. The van der Waals surface area contributed by atoms with Crippen molar-refractivity contribution >= 4 is 18.9 Å². The van der Waals surface area contributed by atoms with Gasteiger partial charge in [-0.1, -0.05) is 73.5 Å². The van der Waals surface area contributed by atoms with Crippen molar-refractivity contribution in [1.82, 2.24) is 0 Å². The summed E-state index contributed by atoms with van der Waals surface area (Å²) < 4.78 is 13.3. The molecule has 1 atom stereocenters. The maximum Gasteiger partial charge on any atom is 0.407 e. The van der Waals surface area contributed by atoms with Crippen LogP contribution in [-0.4, -0.2) is 21.3 Å². The molecule has 128 valence electrons. The maximum absolute atomic E-state index is 6.85. The molecule has 2 aromatic carbocycles. The zero-order valence-corrected chi connectivity index (χ0v) is 15.8. The third-order valence-electron chi connectivity index (χ3n) is 5.07. The summed E-state index contributed by atoms with van der Waals surface area (Å²) in [4.78, 5) is 0. The van der Waals surface area contributed by atoms with E-state index in [9.17, 15) is 0 Å². The fourth-order valence-electron chi connectivity index (χ4n) is 3.81. The van der Waals surface area contributed by atoms with Gasteiger partial charge in [0.1, 0.15) is 0 Å². The van der Waals surface area contributed by atoms with E-state index in [1.807, 2.05) is 0 Å². The van der Waals surface area contributed by atoms with E-state index in [1.165, 1.54) is 36.1 Å². The zero-order valence-electron chi connectivity index (χ0n) is 14.8. The first-order valence-electron chi connectivity index (χ1n) is 9.19. The van der Waals surface area contributed by atoms with Gasteiger partial charge in [-0.05, 0) is 43.0 Å². The van der Waals surface area contributed by atoms with Crippen molar-refractivity contribution in [2.75, 3.05) is 6.61 Å². The molecule has 0 aliphatic heterocycles. The molecule has 3 rings (SSSR count). The Morgan fingerprint density at radius 3 is 1.88 bits per heavy atom. The molecule has 0 radical (unpaired) electrons. The lowest BCUT2D eigenvalue weighted by molar-refractivity contribution is 0.103. The maximum atomic E-state index is 6.85. The first kappa shape index (κ1) is 17.4. The Bertz CT molecular complexity index is 569. The summed E-state index contributed by atoms with van der Waals surface area (Å²) in [6.07, 6.45) is 5.45. The minimum atomic E-state index is -2.68. The van der Waals surface area contributed by atoms with Gasteiger partial charge in [-0.2, -0.15) is 0 Å². The average Bonchev–Trinajstić information content (AvgIpc) is 3.17. The topological polar surface area (TPSA) is 18.5 Å². The van der Waals surface area contributed by atoms with Gasteiger partial charge >= 0.3 is 8.56 Å². The molecule has 0 spiro atoms. The van der Waals surface area contributed by atoms with Gasteiger partial charge in [0.15, 0.2) is 0 Å². The smallest absolute Gasteiger partial charge is 0.388 e. The Labute approximate surface area is 147 Å². The molecule has 1 aliphatic carbocycles. The van der Waals surface area contributed by atoms with Crippen LogP contribution in [0.25, 0.3) is 0 Å². The molecule has 0 heterocycles. The van der Waals surface area contributed by atoms with Crippen molar-refractivity contribution in [1.29, 1.82) is 0 Å². The van der Waals surface area contributed by atoms with Gasteiger partial charge < -0.3 is 8.85 Å². The second kappa shape index (κ2) is 8.10. The molecule has 24 heavy (non-hydrogen) atoms. The van der Waals surface area contributed by atoms with E-state index in [0.29, 0.717) is 12.5 Å². The summed E-state index contributed by atoms with van der Waals surface area (Å²) in [5, 5.41) is 2.39. The fourth-order valence-corrected chi connectivity index (χ4v) is 7.20. The minimum absolute atomic E-state index is 0.228. The number of hydrogen-bond acceptors (Lipinski definition) is 2. The van der Waals surface area contributed by atoms with Gasteiger partial charge in [0.05, 0.1) is 0 Å². The van der Waals surface area contributed by atoms with Gasteiger partial charge in [-0.15, -0.1) is 0 Å². The van der Waals surface area contributed by atoms with Crippen molar-refractivity contribution in [3.63, 3.8) is 0 Å². The predicted octanol–water partition coefficient (Wildman–Crippen LogP) is 3.87. The third kappa shape index (κ3) is 3.64. The highest BCUT2D eigenvalue weighted by Gasteiger charge is 2.45. The summed E-state index contributed by atoms with van der Waals surface area (Å²) in [6.45, 7) is 4.97. The van der Waals surface area contributed by atoms with Crippen LogP contribution in [0.3, 0.4) is 0 Å². The molecule has 1 saturated carbocycles. The van der Waals surface area contributed by atoms with Crippen LogP contribution in [-0.2, 0) is 8.85 Å². The first-order valence-corrected chi connectivity index (χ1v) is 11.0. The Morgan fingerprint density at radius 1 is 0.917 bits per heavy atom. The molecule has 2 aromatic rings. The second-order valence-corrected chi connectivity index (χ2v) is 9.56. The van der Waals surface area contributed by atoms with Crippen LogP contribution >= 0.6 is 0 Å². The molecule has 2 nitrogen and oxygen atoms in total. The molecule has 0 N–H and O–H groups in total. The van der Waals surface area contributed by atoms with Gasteiger partial charge in [-0.3, -0.25) is 0 Å². The van der Waals surface area contributed by atoms with E-state index in [0.717, 1.165) is 0 Å². The molecule has 1 aliphatic rings. The Kier molecular flexibility index (Phi) is 5.88. The van der Waals surface area contributed by atoms with E-state index >= 15 is 0 Å². The van der Waals surface area contributed by atoms with E-state index in [-0.39, 0.29) is 6.10 Å². The van der Waals surface area contributed by atoms with E-state index in [2.05, 4.69) is 74.5 Å². The Balaban J connectivity index is 2.01. The van der Waals surface area contributed by atoms with Crippen LogP contribution < -0.4 is 10.4 Å². The van der Waals surface area contributed by atoms with Gasteiger partial charge in [0, 0.05) is 12.7 Å². The van der Waals surface area contributed by atoms with E-state index in [1.54, 1.807) is 0 Å². The van der Waals surface area contributed by atoms with Crippen LogP contribution in [0.4, 0.5) is 0 Å². The van der Waals surface area contributed by atoms with Gasteiger partial charge in [0.2, 0.25) is 0 Å². The van der Waals surface area contributed by atoms with Crippen LogP contribution in [0, 0.1) is 5.92 Å². The molecule has 1 fully saturated rings. The average molecular weight is 341 g/mol. The summed E-state index contributed by atoms with van der Waals surface area (Å²) in [6, 6.07) is 21.1. The lowest BCUT2D eigenvalue weighted by atomic mass is 10.0. The largest absolute Gasteiger partial charge is 0.407 e. The highest BCUT2D eigenvalue weighted by molar-refractivity contribution is 6.92. The molecule has 1 unspecified atom stereocenters. The van der Waals surface area contributed by atoms with Crippen molar-refractivity contribution < 1.29 is 8.85 Å². The van der Waals surface area contributed by atoms with Crippen molar-refractivity contribution in [2.24, 2.45) is 5.92 Å². The third-order valence-corrected chi connectivity index (χ3v) is 8.66. The van der Waals surface area contributed by atoms with Crippen LogP contribution in [0.5, 0.6) is 0 Å². The van der Waals surface area contributed by atoms with Crippen molar-refractivity contribution in [2.45, 2.75) is 45.6 Å². The van der Waals surface area contributed by atoms with E-state index < -0.39 is 8.56 Å². The van der Waals surface area contributed by atoms with Gasteiger partial charge in [0.25, 0.3) is 0 Å². The zero-order chi connectivity index (χ0) is 16.8. The summed E-state index contributed by atoms with van der Waals surface area (Å²) >= 11 is 0. The van der Waals surface area contributed by atoms with Crippen LogP contribution in [0.1, 0.15) is 39.5 Å². The predicted molar refractivity (Wildman–Crippen MR) is 102 cm³/mol. The van der Waals surface area contributed by atoms with Crippen LogP contribution in [0.2, 0.25) is 0 Å². The summed E-state index contributed by atoms with van der Waals surface area (Å²) in [7, 11) is -2.68. The monoisotopic (exact) mass is 340 g/mol. The highest BCUT2D eigenvalue weighted by Crippen LogP contribution is 2.30. The molecule has 3 heteroatoms. The standard InChI is InChI=1S/C21H28O2Si/c1-3-22-24(20-14-6-4-7-15-20,21-16-8-5-9-17-21)23-18(2)19-12-10-11-13-19/h4-9,14-19H,3,10-13H2,1-2H3. The molecular formula is C21H28O2Si. The quantitative estimate of drug-likeness (QED) is 0.712. The van der Waals surface area contributed by atoms with E-state index in [4.69, 9.17) is 8.85 Å².